The molecule has 22 heavy (non-hydrogen) atoms. The van der Waals surface area contributed by atoms with Gasteiger partial charge in [-0.1, -0.05) is 25.6 Å². The molecule has 0 radical (unpaired) electrons. The van der Waals surface area contributed by atoms with Crippen molar-refractivity contribution in [3.8, 4) is 0 Å². The number of carbonyl (C=O) groups is 1. The molecule has 0 aliphatic carbocycles. The molecule has 2 aliphatic rings. The van der Waals surface area contributed by atoms with Crippen LogP contribution in [0.4, 0.5) is 5.95 Å². The quantitative estimate of drug-likeness (QED) is 0.753. The van der Waals surface area contributed by atoms with Gasteiger partial charge in [-0.25, -0.2) is 0 Å². The first-order valence-corrected chi connectivity index (χ1v) is 8.62. The van der Waals surface area contributed by atoms with Crippen LogP contribution in [0.15, 0.2) is 5.16 Å². The van der Waals surface area contributed by atoms with Crippen LogP contribution < -0.4 is 4.90 Å². The minimum Gasteiger partial charge on any atom is -0.465 e. The van der Waals surface area contributed by atoms with E-state index in [0.29, 0.717) is 25.7 Å². The molecule has 1 aromatic rings. The van der Waals surface area contributed by atoms with Crippen LogP contribution in [0.3, 0.4) is 0 Å². The van der Waals surface area contributed by atoms with Gasteiger partial charge in [-0.2, -0.15) is 0 Å². The maximum absolute atomic E-state index is 11.7. The van der Waals surface area contributed by atoms with Crippen molar-refractivity contribution in [2.75, 3.05) is 37.8 Å². The Bertz CT molecular complexity index is 528. The molecule has 0 amide bonds. The Kier molecular flexibility index (Phi) is 4.87. The molecule has 8 heteroatoms. The van der Waals surface area contributed by atoms with Gasteiger partial charge in [0.2, 0.25) is 5.95 Å². The van der Waals surface area contributed by atoms with Gasteiger partial charge in [0.1, 0.15) is 5.25 Å². The minimum absolute atomic E-state index is 0.142. The van der Waals surface area contributed by atoms with Crippen molar-refractivity contribution >= 4 is 23.7 Å². The van der Waals surface area contributed by atoms with E-state index in [9.17, 15) is 4.79 Å². The first-order valence-electron chi connectivity index (χ1n) is 7.74. The van der Waals surface area contributed by atoms with E-state index in [-0.39, 0.29) is 11.2 Å². The molecule has 2 fully saturated rings. The lowest BCUT2D eigenvalue weighted by Gasteiger charge is -2.28. The highest BCUT2D eigenvalue weighted by molar-refractivity contribution is 8.00. The van der Waals surface area contributed by atoms with Gasteiger partial charge in [-0.05, 0) is 5.92 Å². The second-order valence-electron chi connectivity index (χ2n) is 5.95. The molecule has 3 heterocycles. The smallest absolute Gasteiger partial charge is 0.319 e. The number of anilines is 1. The van der Waals surface area contributed by atoms with Gasteiger partial charge in [0, 0.05) is 26.1 Å². The number of rotatable bonds is 5. The largest absolute Gasteiger partial charge is 0.465 e. The predicted molar refractivity (Wildman–Crippen MR) is 83.1 cm³/mol. The Labute approximate surface area is 134 Å². The van der Waals surface area contributed by atoms with E-state index in [1.807, 2.05) is 0 Å². The summed E-state index contributed by atoms with van der Waals surface area (Å²) >= 11 is 1.47. The van der Waals surface area contributed by atoms with Crippen LogP contribution in [0.1, 0.15) is 20.3 Å². The van der Waals surface area contributed by atoms with Crippen molar-refractivity contribution in [2.45, 2.75) is 37.2 Å². The molecule has 1 aromatic heterocycles. The number of nitrogens with zero attached hydrogens (tertiary/aromatic N) is 4. The fourth-order valence-electron chi connectivity index (χ4n) is 2.60. The summed E-state index contributed by atoms with van der Waals surface area (Å²) in [5.74, 6) is 1.22. The maximum Gasteiger partial charge on any atom is 0.319 e. The summed E-state index contributed by atoms with van der Waals surface area (Å²) in [5, 5.41) is 9.34. The zero-order valence-electron chi connectivity index (χ0n) is 13.0. The van der Waals surface area contributed by atoms with Crippen LogP contribution in [0.25, 0.3) is 0 Å². The molecule has 0 N–H and O–H groups in total. The molecule has 122 valence electrons. The van der Waals surface area contributed by atoms with E-state index in [0.717, 1.165) is 37.2 Å². The van der Waals surface area contributed by atoms with E-state index in [2.05, 4.69) is 33.5 Å². The lowest BCUT2D eigenvalue weighted by Crippen LogP contribution is -2.38. The number of thioether (sulfide) groups is 1. The first-order chi connectivity index (χ1) is 10.6. The second-order valence-corrected chi connectivity index (χ2v) is 7.12. The summed E-state index contributed by atoms with van der Waals surface area (Å²) in [7, 11) is 0. The third kappa shape index (κ3) is 3.38. The molecule has 3 rings (SSSR count). The Morgan fingerprint density at radius 1 is 1.27 bits per heavy atom. The lowest BCUT2D eigenvalue weighted by atomic mass is 10.2. The Hall–Kier alpha value is -1.28. The van der Waals surface area contributed by atoms with Crippen molar-refractivity contribution in [3.63, 3.8) is 0 Å². The summed E-state index contributed by atoms with van der Waals surface area (Å²) in [6.45, 7) is 8.76. The molecule has 2 saturated heterocycles. The average molecular weight is 326 g/mol. The predicted octanol–water partition coefficient (Wildman–Crippen LogP) is 1.18. The number of aromatic nitrogens is 3. The van der Waals surface area contributed by atoms with E-state index in [1.165, 1.54) is 11.8 Å². The first kappa shape index (κ1) is 15.6. The van der Waals surface area contributed by atoms with Crippen molar-refractivity contribution in [1.82, 2.24) is 14.8 Å². The number of cyclic esters (lactones) is 1. The van der Waals surface area contributed by atoms with Gasteiger partial charge in [0.15, 0.2) is 5.16 Å². The minimum atomic E-state index is -0.160. The van der Waals surface area contributed by atoms with Crippen LogP contribution in [0, 0.1) is 5.92 Å². The van der Waals surface area contributed by atoms with Crippen molar-refractivity contribution in [3.05, 3.63) is 0 Å². The van der Waals surface area contributed by atoms with Crippen molar-refractivity contribution in [2.24, 2.45) is 5.92 Å². The van der Waals surface area contributed by atoms with Gasteiger partial charge in [-0.3, -0.25) is 9.36 Å². The summed E-state index contributed by atoms with van der Waals surface area (Å²) < 4.78 is 12.6. The molecule has 0 aromatic carbocycles. The summed E-state index contributed by atoms with van der Waals surface area (Å²) in [5.41, 5.74) is 0. The van der Waals surface area contributed by atoms with E-state index in [1.54, 1.807) is 0 Å². The third-order valence-corrected chi connectivity index (χ3v) is 4.90. The van der Waals surface area contributed by atoms with E-state index >= 15 is 0 Å². The highest BCUT2D eigenvalue weighted by Gasteiger charge is 2.31. The van der Waals surface area contributed by atoms with Gasteiger partial charge in [0.05, 0.1) is 19.8 Å². The fraction of sp³-hybridized carbons (Fsp3) is 0.786. The van der Waals surface area contributed by atoms with E-state index in [4.69, 9.17) is 9.47 Å². The summed E-state index contributed by atoms with van der Waals surface area (Å²) in [4.78, 5) is 13.9. The van der Waals surface area contributed by atoms with Crippen LogP contribution in [-0.2, 0) is 20.8 Å². The molecule has 0 bridgehead atoms. The molecule has 1 unspecified atom stereocenters. The number of esters is 1. The molecule has 7 nitrogen and oxygen atoms in total. The highest BCUT2D eigenvalue weighted by atomic mass is 32.2. The zero-order chi connectivity index (χ0) is 15.5. The SMILES string of the molecule is CC(C)Cn1c(SC2CCOC2=O)nnc1N1CCOCC1. The monoisotopic (exact) mass is 326 g/mol. The van der Waals surface area contributed by atoms with Crippen LogP contribution in [-0.4, -0.2) is 58.9 Å². The van der Waals surface area contributed by atoms with Crippen LogP contribution in [0.2, 0.25) is 0 Å². The molecular formula is C14H22N4O3S. The second kappa shape index (κ2) is 6.87. The summed E-state index contributed by atoms with van der Waals surface area (Å²) in [6, 6.07) is 0. The van der Waals surface area contributed by atoms with Gasteiger partial charge >= 0.3 is 5.97 Å². The molecule has 1 atom stereocenters. The van der Waals surface area contributed by atoms with Gasteiger partial charge in [-0.15, -0.1) is 10.2 Å². The zero-order valence-corrected chi connectivity index (χ0v) is 13.8. The number of morpholine rings is 1. The molecular weight excluding hydrogens is 304 g/mol. The lowest BCUT2D eigenvalue weighted by molar-refractivity contribution is -0.137. The topological polar surface area (TPSA) is 69.5 Å². The van der Waals surface area contributed by atoms with Gasteiger partial charge in [0.25, 0.3) is 0 Å². The average Bonchev–Trinajstić information content (AvgIpc) is 3.08. The molecule has 0 saturated carbocycles. The molecule has 0 spiro atoms. The van der Waals surface area contributed by atoms with Crippen LogP contribution in [0.5, 0.6) is 0 Å². The normalized spacial score (nSPS) is 22.4. The van der Waals surface area contributed by atoms with Gasteiger partial charge < -0.3 is 14.4 Å². The third-order valence-electron chi connectivity index (χ3n) is 3.67. The number of ether oxygens (including phenoxy) is 2. The van der Waals surface area contributed by atoms with E-state index < -0.39 is 0 Å². The summed E-state index contributed by atoms with van der Waals surface area (Å²) in [6.07, 6.45) is 0.741. The molecule has 2 aliphatic heterocycles. The van der Waals surface area contributed by atoms with Crippen molar-refractivity contribution in [1.29, 1.82) is 0 Å². The number of hydrogen-bond donors (Lipinski definition) is 0. The Morgan fingerprint density at radius 3 is 2.68 bits per heavy atom. The van der Waals surface area contributed by atoms with Crippen LogP contribution >= 0.6 is 11.8 Å². The van der Waals surface area contributed by atoms with Crippen molar-refractivity contribution < 1.29 is 14.3 Å². The number of carbonyl (C=O) groups excluding carboxylic acids is 1. The highest BCUT2D eigenvalue weighted by Crippen LogP contribution is 2.31. The Balaban J connectivity index is 1.82. The number of hydrogen-bond acceptors (Lipinski definition) is 7. The maximum atomic E-state index is 11.7. The standard InChI is InChI=1S/C14H22N4O3S/c1-10(2)9-18-13(17-4-7-20-8-5-17)15-16-14(18)22-11-3-6-21-12(11)19/h10-11H,3-9H2,1-2H3. The Morgan fingerprint density at radius 2 is 2.05 bits per heavy atom. The fourth-order valence-corrected chi connectivity index (χ4v) is 3.61.